The van der Waals surface area contributed by atoms with Gasteiger partial charge in [0.25, 0.3) is 5.91 Å². The summed E-state index contributed by atoms with van der Waals surface area (Å²) in [6.45, 7) is 5.83. The number of ether oxygens (including phenoxy) is 2. The second-order valence-electron chi connectivity index (χ2n) is 16.0. The number of rotatable bonds is 3. The Morgan fingerprint density at radius 1 is 1.17 bits per heavy atom. The van der Waals surface area contributed by atoms with Crippen LogP contribution in [0.3, 0.4) is 0 Å². The summed E-state index contributed by atoms with van der Waals surface area (Å²) in [5.41, 5.74) is 1.63. The Morgan fingerprint density at radius 2 is 1.96 bits per heavy atom. The minimum absolute atomic E-state index is 0.132. The Bertz CT molecular complexity index is 1910. The summed E-state index contributed by atoms with van der Waals surface area (Å²) in [5, 5.41) is 12.2. The number of alkyl halides is 3. The lowest BCUT2D eigenvalue weighted by Crippen LogP contribution is -2.63. The average Bonchev–Trinajstić information content (AvgIpc) is 3.20. The quantitative estimate of drug-likeness (QED) is 0.310. The van der Waals surface area contributed by atoms with Crippen molar-refractivity contribution < 1.29 is 41.5 Å². The molecule has 2 fully saturated rings. The van der Waals surface area contributed by atoms with Crippen molar-refractivity contribution in [2.75, 3.05) is 37.5 Å². The van der Waals surface area contributed by atoms with Gasteiger partial charge in [-0.3, -0.25) is 9.52 Å². The van der Waals surface area contributed by atoms with Gasteiger partial charge in [0.05, 0.1) is 24.2 Å². The highest BCUT2D eigenvalue weighted by atomic mass is 32.2. The summed E-state index contributed by atoms with van der Waals surface area (Å²) >= 11 is 0. The minimum Gasteiger partial charge on any atom is -0.490 e. The number of carbonyl (C=O) groups is 2. The van der Waals surface area contributed by atoms with Crippen LogP contribution in [-0.4, -0.2) is 77.7 Å². The van der Waals surface area contributed by atoms with Crippen molar-refractivity contribution in [1.82, 2.24) is 10.0 Å². The number of nitrogens with one attached hydrogen (secondary N) is 2. The molecule has 2 aromatic carbocycles. The van der Waals surface area contributed by atoms with E-state index in [1.165, 1.54) is 16.7 Å². The number of methoxy groups -OCH3 is 1. The zero-order chi connectivity index (χ0) is 37.8. The third kappa shape index (κ3) is 7.55. The SMILES string of the molecule is CO[C@H]1/C=C/C[C@H](C)CS(=O)(NC(=O)NC2CC(O)(C(F)(F)F)C2)=NC(=O)c2ccc3c(c2)N(C[C@@H]2CC[C@H]21)C[C@@]1(CCCc2cc(C)ccc21)CO3. The molecule has 3 N–H and O–H groups in total. The Hall–Kier alpha value is -3.62. The second-order valence-corrected chi connectivity index (χ2v) is 18.0. The van der Waals surface area contributed by atoms with Crippen molar-refractivity contribution in [2.45, 2.75) is 94.6 Å². The molecule has 14 heteroatoms. The van der Waals surface area contributed by atoms with Gasteiger partial charge >= 0.3 is 12.2 Å². The van der Waals surface area contributed by atoms with Gasteiger partial charge in [-0.15, -0.1) is 4.36 Å². The summed E-state index contributed by atoms with van der Waals surface area (Å²) in [7, 11) is -2.05. The molecule has 10 nitrogen and oxygen atoms in total. The number of fused-ring (bicyclic) bond motifs is 4. The molecule has 3 aliphatic carbocycles. The molecule has 53 heavy (non-hydrogen) atoms. The minimum atomic E-state index is -4.84. The summed E-state index contributed by atoms with van der Waals surface area (Å²) in [4.78, 5) is 29.3. The summed E-state index contributed by atoms with van der Waals surface area (Å²) < 4.78 is 73.0. The predicted molar refractivity (Wildman–Crippen MR) is 195 cm³/mol. The third-order valence-corrected chi connectivity index (χ3v) is 14.0. The number of hydrogen-bond acceptors (Lipinski definition) is 7. The van der Waals surface area contributed by atoms with E-state index in [2.05, 4.69) is 44.4 Å². The first-order chi connectivity index (χ1) is 25.1. The van der Waals surface area contributed by atoms with Gasteiger partial charge < -0.3 is 24.8 Å². The van der Waals surface area contributed by atoms with E-state index in [9.17, 15) is 32.1 Å². The molecule has 7 rings (SSSR count). The van der Waals surface area contributed by atoms with Crippen LogP contribution in [0.25, 0.3) is 0 Å². The largest absolute Gasteiger partial charge is 0.490 e. The molecule has 2 saturated carbocycles. The zero-order valence-electron chi connectivity index (χ0n) is 30.4. The Kier molecular flexibility index (Phi) is 10.1. The maximum atomic E-state index is 14.4. The third-order valence-electron chi connectivity index (χ3n) is 12.0. The van der Waals surface area contributed by atoms with Crippen molar-refractivity contribution in [3.05, 3.63) is 70.8 Å². The smallest absolute Gasteiger partial charge is 0.417 e. The number of aryl methyl sites for hydroxylation is 2. The fraction of sp³-hybridized carbons (Fsp3) is 0.590. The van der Waals surface area contributed by atoms with Gasteiger partial charge in [0.2, 0.25) is 0 Å². The van der Waals surface area contributed by atoms with E-state index in [4.69, 9.17) is 9.47 Å². The number of urea groups is 1. The number of allylic oxidation sites excluding steroid dienone is 1. The molecule has 0 aromatic heterocycles. The molecular weight excluding hydrogens is 710 g/mol. The Balaban J connectivity index is 1.23. The summed E-state index contributed by atoms with van der Waals surface area (Å²) in [6, 6.07) is 9.75. The molecule has 2 aliphatic heterocycles. The lowest BCUT2D eigenvalue weighted by Gasteiger charge is -2.46. The van der Waals surface area contributed by atoms with Crippen molar-refractivity contribution in [2.24, 2.45) is 22.1 Å². The molecule has 6 atom stereocenters. The molecule has 2 heterocycles. The molecule has 0 radical (unpaired) electrons. The Morgan fingerprint density at radius 3 is 2.68 bits per heavy atom. The van der Waals surface area contributed by atoms with E-state index in [1.54, 1.807) is 25.3 Å². The highest BCUT2D eigenvalue weighted by Gasteiger charge is 2.61. The van der Waals surface area contributed by atoms with Crippen LogP contribution in [0.15, 0.2) is 52.9 Å². The monoisotopic (exact) mass is 758 g/mol. The number of halogens is 3. The maximum absolute atomic E-state index is 14.4. The molecule has 0 saturated heterocycles. The van der Waals surface area contributed by atoms with Crippen LogP contribution in [0, 0.1) is 24.7 Å². The number of anilines is 1. The number of nitrogens with zero attached hydrogens (tertiary/aromatic N) is 2. The molecule has 2 bridgehead atoms. The number of amides is 3. The predicted octanol–water partition coefficient (Wildman–Crippen LogP) is 6.38. The van der Waals surface area contributed by atoms with Gasteiger partial charge in [0.15, 0.2) is 5.60 Å². The van der Waals surface area contributed by atoms with Gasteiger partial charge in [-0.05, 0) is 92.5 Å². The average molecular weight is 759 g/mol. The highest BCUT2D eigenvalue weighted by Crippen LogP contribution is 2.47. The van der Waals surface area contributed by atoms with E-state index in [-0.39, 0.29) is 34.7 Å². The maximum Gasteiger partial charge on any atom is 0.417 e. The van der Waals surface area contributed by atoms with E-state index in [1.807, 2.05) is 19.1 Å². The standard InChI is InChI=1S/C39H49F3N4O6S/c1-24-9-13-31-26(16-24)7-5-15-37(31)22-46-20-28-10-12-30(28)33(51-3)8-4-6-25(2)21-53(50,44-35(47)27-11-14-34(52-23-37)32(46)17-27)45-36(48)43-29-18-38(49,19-29)39(40,41)42/h4,8-9,11,13-14,16-17,25,28-30,33,49H,5-7,10,12,15,18-23H2,1-3H3,(H2,43,44,45,47,48,50)/b8-4+/t25-,28-,29?,30+,33-,37-,38?,53?/m0/s1. The molecule has 1 unspecified atom stereocenters. The van der Waals surface area contributed by atoms with E-state index >= 15 is 0 Å². The summed E-state index contributed by atoms with van der Waals surface area (Å²) in [5.74, 6) is -0.0108. The first-order valence-electron chi connectivity index (χ1n) is 18.6. The molecule has 5 aliphatic rings. The zero-order valence-corrected chi connectivity index (χ0v) is 31.2. The number of aliphatic hydroxyl groups is 1. The van der Waals surface area contributed by atoms with Gasteiger partial charge in [-0.1, -0.05) is 42.8 Å². The highest BCUT2D eigenvalue weighted by molar-refractivity contribution is 7.92. The molecular formula is C39H49F3N4O6S. The summed E-state index contributed by atoms with van der Waals surface area (Å²) in [6.07, 6.45) is 3.11. The lowest BCUT2D eigenvalue weighted by molar-refractivity contribution is -0.291. The van der Waals surface area contributed by atoms with Crippen LogP contribution in [0.1, 0.15) is 78.9 Å². The first-order valence-corrected chi connectivity index (χ1v) is 20.3. The van der Waals surface area contributed by atoms with Crippen LogP contribution >= 0.6 is 0 Å². The van der Waals surface area contributed by atoms with Crippen LogP contribution in [0.2, 0.25) is 0 Å². The van der Waals surface area contributed by atoms with Crippen molar-refractivity contribution in [1.29, 1.82) is 0 Å². The number of carbonyl (C=O) groups excluding carboxylic acids is 2. The van der Waals surface area contributed by atoms with Crippen molar-refractivity contribution in [3.63, 3.8) is 0 Å². The van der Waals surface area contributed by atoms with Gasteiger partial charge in [0, 0.05) is 50.1 Å². The van der Waals surface area contributed by atoms with Crippen molar-refractivity contribution in [3.8, 4) is 5.75 Å². The normalized spacial score (nSPS) is 34.9. The molecule has 288 valence electrons. The van der Waals surface area contributed by atoms with Crippen LogP contribution in [0.5, 0.6) is 5.75 Å². The van der Waals surface area contributed by atoms with Gasteiger partial charge in [0.1, 0.15) is 15.7 Å². The lowest BCUT2D eigenvalue weighted by atomic mass is 9.68. The topological polar surface area (TPSA) is 130 Å². The van der Waals surface area contributed by atoms with Crippen LogP contribution < -0.4 is 19.7 Å². The van der Waals surface area contributed by atoms with Gasteiger partial charge in [-0.25, -0.2) is 9.00 Å². The van der Waals surface area contributed by atoms with E-state index in [0.717, 1.165) is 44.3 Å². The Labute approximate surface area is 309 Å². The fourth-order valence-corrected chi connectivity index (χ4v) is 10.8. The number of benzene rings is 2. The van der Waals surface area contributed by atoms with Crippen LogP contribution in [0.4, 0.5) is 23.7 Å². The second kappa shape index (κ2) is 14.2. The number of hydrogen-bond donors (Lipinski definition) is 3. The fourth-order valence-electron chi connectivity index (χ4n) is 8.98. The molecule has 3 amide bonds. The van der Waals surface area contributed by atoms with E-state index < -0.39 is 52.5 Å². The van der Waals surface area contributed by atoms with E-state index in [0.29, 0.717) is 31.2 Å². The molecule has 1 spiro atoms. The van der Waals surface area contributed by atoms with Crippen molar-refractivity contribution >= 4 is 27.5 Å². The van der Waals surface area contributed by atoms with Gasteiger partial charge in [-0.2, -0.15) is 13.2 Å². The first kappa shape index (κ1) is 37.7. The van der Waals surface area contributed by atoms with Crippen LogP contribution in [-0.2, 0) is 26.5 Å². The molecule has 2 aromatic rings.